The highest BCUT2D eigenvalue weighted by Gasteiger charge is 2.30. The first kappa shape index (κ1) is 21.5. The van der Waals surface area contributed by atoms with Gasteiger partial charge in [0, 0.05) is 37.9 Å². The van der Waals surface area contributed by atoms with E-state index in [1.807, 2.05) is 6.07 Å². The molecule has 2 aromatic carbocycles. The van der Waals surface area contributed by atoms with Crippen LogP contribution in [0.4, 0.5) is 0 Å². The van der Waals surface area contributed by atoms with Gasteiger partial charge in [-0.3, -0.25) is 9.78 Å². The molecule has 0 radical (unpaired) electrons. The van der Waals surface area contributed by atoms with Crippen molar-refractivity contribution in [2.24, 2.45) is 0 Å². The molecular formula is C23H20N4O4S. The standard InChI is InChI=1S/C23H20N4O4S/c24-16-18-3-9-22(10-4-18)32(29,30)27-14-12-26(13-15-27)23(28)19-5-7-20(8-6-19)31-21-2-1-11-25-17-21/h1-11,17H,12-15H2. The molecule has 1 aromatic heterocycles. The summed E-state index contributed by atoms with van der Waals surface area (Å²) in [4.78, 5) is 18.6. The van der Waals surface area contributed by atoms with Crippen LogP contribution in [0.2, 0.25) is 0 Å². The summed E-state index contributed by atoms with van der Waals surface area (Å²) in [6.45, 7) is 0.997. The molecule has 1 aliphatic heterocycles. The lowest BCUT2D eigenvalue weighted by Crippen LogP contribution is -2.50. The van der Waals surface area contributed by atoms with Crippen molar-refractivity contribution in [2.75, 3.05) is 26.2 Å². The quantitative estimate of drug-likeness (QED) is 0.595. The zero-order chi connectivity index (χ0) is 22.6. The smallest absolute Gasteiger partial charge is 0.253 e. The molecule has 0 unspecified atom stereocenters. The monoisotopic (exact) mass is 448 g/mol. The third kappa shape index (κ3) is 4.61. The second kappa shape index (κ2) is 9.18. The highest BCUT2D eigenvalue weighted by Crippen LogP contribution is 2.22. The van der Waals surface area contributed by atoms with Gasteiger partial charge in [-0.05, 0) is 60.7 Å². The van der Waals surface area contributed by atoms with E-state index >= 15 is 0 Å². The number of sulfonamides is 1. The van der Waals surface area contributed by atoms with Crippen LogP contribution in [0.5, 0.6) is 11.5 Å². The molecule has 9 heteroatoms. The number of pyridine rings is 1. The second-order valence-electron chi connectivity index (χ2n) is 7.15. The summed E-state index contributed by atoms with van der Waals surface area (Å²) in [5.41, 5.74) is 0.906. The number of piperazine rings is 1. The van der Waals surface area contributed by atoms with Crippen LogP contribution in [0.3, 0.4) is 0 Å². The predicted molar refractivity (Wildman–Crippen MR) is 117 cm³/mol. The summed E-state index contributed by atoms with van der Waals surface area (Å²) in [7, 11) is -3.67. The number of amides is 1. The number of benzene rings is 2. The summed E-state index contributed by atoms with van der Waals surface area (Å²) >= 11 is 0. The van der Waals surface area contributed by atoms with Gasteiger partial charge in [0.05, 0.1) is 22.7 Å². The van der Waals surface area contributed by atoms with Crippen LogP contribution in [0.25, 0.3) is 0 Å². The lowest BCUT2D eigenvalue weighted by Gasteiger charge is -2.34. The molecule has 0 atom stereocenters. The van der Waals surface area contributed by atoms with Crippen LogP contribution in [0.15, 0.2) is 78.0 Å². The zero-order valence-corrected chi connectivity index (χ0v) is 17.9. The first-order valence-electron chi connectivity index (χ1n) is 9.95. The fourth-order valence-electron chi connectivity index (χ4n) is 3.37. The van der Waals surface area contributed by atoms with E-state index in [0.717, 1.165) is 0 Å². The van der Waals surface area contributed by atoms with E-state index in [4.69, 9.17) is 10.00 Å². The summed E-state index contributed by atoms with van der Waals surface area (Å²) in [6, 6.07) is 18.2. The minimum absolute atomic E-state index is 0.139. The molecule has 0 spiro atoms. The molecule has 1 saturated heterocycles. The predicted octanol–water partition coefficient (Wildman–Crippen LogP) is 2.89. The molecule has 162 valence electrons. The molecule has 8 nitrogen and oxygen atoms in total. The van der Waals surface area contributed by atoms with Crippen molar-refractivity contribution in [1.29, 1.82) is 5.26 Å². The van der Waals surface area contributed by atoms with Gasteiger partial charge >= 0.3 is 0 Å². The number of nitrogens with zero attached hydrogens (tertiary/aromatic N) is 4. The number of rotatable bonds is 5. The molecule has 32 heavy (non-hydrogen) atoms. The topological polar surface area (TPSA) is 104 Å². The molecule has 1 aliphatic rings. The largest absolute Gasteiger partial charge is 0.456 e. The van der Waals surface area contributed by atoms with Crippen molar-refractivity contribution in [3.8, 4) is 17.6 Å². The van der Waals surface area contributed by atoms with Crippen LogP contribution in [0, 0.1) is 11.3 Å². The van der Waals surface area contributed by atoms with E-state index in [2.05, 4.69) is 4.98 Å². The summed E-state index contributed by atoms with van der Waals surface area (Å²) in [5, 5.41) is 8.88. The minimum Gasteiger partial charge on any atom is -0.456 e. The van der Waals surface area contributed by atoms with Gasteiger partial charge in [0.15, 0.2) is 0 Å². The molecule has 2 heterocycles. The zero-order valence-electron chi connectivity index (χ0n) is 17.1. The Morgan fingerprint density at radius 2 is 1.62 bits per heavy atom. The van der Waals surface area contributed by atoms with Crippen LogP contribution in [0.1, 0.15) is 15.9 Å². The van der Waals surface area contributed by atoms with Crippen LogP contribution < -0.4 is 4.74 Å². The highest BCUT2D eigenvalue weighted by molar-refractivity contribution is 7.89. The van der Waals surface area contributed by atoms with E-state index in [1.165, 1.54) is 28.6 Å². The molecule has 1 amide bonds. The Kier molecular flexibility index (Phi) is 6.16. The number of hydrogen-bond acceptors (Lipinski definition) is 6. The number of hydrogen-bond donors (Lipinski definition) is 0. The first-order chi connectivity index (χ1) is 15.5. The van der Waals surface area contributed by atoms with E-state index in [9.17, 15) is 13.2 Å². The Labute approximate surface area is 186 Å². The van der Waals surface area contributed by atoms with Crippen molar-refractivity contribution in [3.05, 3.63) is 84.2 Å². The van der Waals surface area contributed by atoms with Crippen molar-refractivity contribution in [2.45, 2.75) is 4.90 Å². The number of carbonyl (C=O) groups excluding carboxylic acids is 1. The van der Waals surface area contributed by atoms with Gasteiger partial charge in [0.25, 0.3) is 5.91 Å². The van der Waals surface area contributed by atoms with Crippen molar-refractivity contribution < 1.29 is 17.9 Å². The number of ether oxygens (including phenoxy) is 1. The van der Waals surface area contributed by atoms with Crippen molar-refractivity contribution >= 4 is 15.9 Å². The maximum Gasteiger partial charge on any atom is 0.253 e. The van der Waals surface area contributed by atoms with E-state index in [0.29, 0.717) is 35.7 Å². The van der Waals surface area contributed by atoms with Crippen LogP contribution in [-0.4, -0.2) is 54.7 Å². The van der Waals surface area contributed by atoms with Crippen LogP contribution >= 0.6 is 0 Å². The second-order valence-corrected chi connectivity index (χ2v) is 9.09. The Morgan fingerprint density at radius 3 is 2.22 bits per heavy atom. The highest BCUT2D eigenvalue weighted by atomic mass is 32.2. The molecule has 0 aliphatic carbocycles. The Bertz CT molecular complexity index is 1230. The number of nitriles is 1. The van der Waals surface area contributed by atoms with Crippen molar-refractivity contribution in [1.82, 2.24) is 14.2 Å². The molecule has 4 rings (SSSR count). The Balaban J connectivity index is 1.37. The fraction of sp³-hybridized carbons (Fsp3) is 0.174. The summed E-state index contributed by atoms with van der Waals surface area (Å²) < 4.78 is 32.7. The van der Waals surface area contributed by atoms with Crippen molar-refractivity contribution in [3.63, 3.8) is 0 Å². The third-order valence-electron chi connectivity index (χ3n) is 5.12. The first-order valence-corrected chi connectivity index (χ1v) is 11.4. The molecule has 0 bridgehead atoms. The SMILES string of the molecule is N#Cc1ccc(S(=O)(=O)N2CCN(C(=O)c3ccc(Oc4cccnc4)cc3)CC2)cc1. The maximum atomic E-state index is 12.8. The Hall–Kier alpha value is -3.74. The summed E-state index contributed by atoms with van der Waals surface area (Å²) in [6.07, 6.45) is 3.26. The number of aromatic nitrogens is 1. The van der Waals surface area contributed by atoms with Gasteiger partial charge in [0.2, 0.25) is 10.0 Å². The van der Waals surface area contributed by atoms with Gasteiger partial charge in [0.1, 0.15) is 11.5 Å². The molecule has 0 saturated carbocycles. The van der Waals surface area contributed by atoms with E-state index < -0.39 is 10.0 Å². The molecular weight excluding hydrogens is 428 g/mol. The summed E-state index contributed by atoms with van der Waals surface area (Å²) in [5.74, 6) is 1.03. The minimum atomic E-state index is -3.67. The normalized spacial score (nSPS) is 14.5. The van der Waals surface area contributed by atoms with E-state index in [1.54, 1.807) is 53.7 Å². The van der Waals surface area contributed by atoms with Gasteiger partial charge in [-0.1, -0.05) is 0 Å². The van der Waals surface area contributed by atoms with Crippen LogP contribution in [-0.2, 0) is 10.0 Å². The lowest BCUT2D eigenvalue weighted by atomic mass is 10.2. The average molecular weight is 449 g/mol. The maximum absolute atomic E-state index is 12.8. The van der Waals surface area contributed by atoms with Gasteiger partial charge < -0.3 is 9.64 Å². The third-order valence-corrected chi connectivity index (χ3v) is 7.03. The number of carbonyl (C=O) groups is 1. The molecule has 0 N–H and O–H groups in total. The van der Waals surface area contributed by atoms with Gasteiger partial charge in [-0.25, -0.2) is 8.42 Å². The van der Waals surface area contributed by atoms with Gasteiger partial charge in [-0.15, -0.1) is 0 Å². The van der Waals surface area contributed by atoms with E-state index in [-0.39, 0.29) is 23.9 Å². The molecule has 3 aromatic rings. The Morgan fingerprint density at radius 1 is 0.938 bits per heavy atom. The lowest BCUT2D eigenvalue weighted by molar-refractivity contribution is 0.0698. The fourth-order valence-corrected chi connectivity index (χ4v) is 4.80. The van der Waals surface area contributed by atoms with Gasteiger partial charge in [-0.2, -0.15) is 9.57 Å². The molecule has 1 fully saturated rings. The average Bonchev–Trinajstić information content (AvgIpc) is 2.85.